The smallest absolute Gasteiger partial charge is 0.337 e. The molecule has 0 saturated carbocycles. The van der Waals surface area contributed by atoms with Crippen LogP contribution in [0.4, 0.5) is 20.2 Å². The first-order valence-corrected chi connectivity index (χ1v) is 11.7. The second kappa shape index (κ2) is 9.64. The van der Waals surface area contributed by atoms with Gasteiger partial charge < -0.3 is 9.64 Å². The van der Waals surface area contributed by atoms with Crippen LogP contribution in [0, 0.1) is 0 Å². The van der Waals surface area contributed by atoms with Gasteiger partial charge in [0, 0.05) is 18.7 Å². The van der Waals surface area contributed by atoms with E-state index >= 15 is 0 Å². The SMILES string of the molecule is CCc1ccc(C(=O)OC)cc1S(=O)(=O)Nc1cc(C(F)F)ccc1N1CCCCC1. The summed E-state index contributed by atoms with van der Waals surface area (Å²) in [5, 5.41) is 0. The molecule has 0 radical (unpaired) electrons. The second-order valence-electron chi connectivity index (χ2n) is 7.40. The van der Waals surface area contributed by atoms with Gasteiger partial charge in [0.1, 0.15) is 0 Å². The van der Waals surface area contributed by atoms with E-state index in [1.807, 2.05) is 4.90 Å². The van der Waals surface area contributed by atoms with Gasteiger partial charge in [0.2, 0.25) is 0 Å². The lowest BCUT2D eigenvalue weighted by atomic mass is 10.1. The van der Waals surface area contributed by atoms with Crippen LogP contribution < -0.4 is 9.62 Å². The Morgan fingerprint density at radius 1 is 1.13 bits per heavy atom. The van der Waals surface area contributed by atoms with Gasteiger partial charge in [-0.25, -0.2) is 22.0 Å². The molecule has 1 fully saturated rings. The minimum atomic E-state index is -4.15. The molecule has 1 heterocycles. The molecule has 31 heavy (non-hydrogen) atoms. The largest absolute Gasteiger partial charge is 0.465 e. The Morgan fingerprint density at radius 2 is 1.84 bits per heavy atom. The van der Waals surface area contributed by atoms with Gasteiger partial charge in [-0.2, -0.15) is 0 Å². The van der Waals surface area contributed by atoms with Crippen LogP contribution in [0.1, 0.15) is 54.1 Å². The van der Waals surface area contributed by atoms with Gasteiger partial charge in [-0.15, -0.1) is 0 Å². The highest BCUT2D eigenvalue weighted by Crippen LogP contribution is 2.34. The van der Waals surface area contributed by atoms with Gasteiger partial charge >= 0.3 is 5.97 Å². The summed E-state index contributed by atoms with van der Waals surface area (Å²) in [6.07, 6.45) is 0.654. The number of methoxy groups -OCH3 is 1. The van der Waals surface area contributed by atoms with Crippen molar-refractivity contribution in [1.29, 1.82) is 0 Å². The number of piperidine rings is 1. The number of sulfonamides is 1. The van der Waals surface area contributed by atoms with Crippen molar-refractivity contribution in [1.82, 2.24) is 0 Å². The Labute approximate surface area is 181 Å². The minimum Gasteiger partial charge on any atom is -0.465 e. The third-order valence-electron chi connectivity index (χ3n) is 5.37. The van der Waals surface area contributed by atoms with Crippen LogP contribution in [-0.2, 0) is 21.2 Å². The molecule has 0 unspecified atom stereocenters. The summed E-state index contributed by atoms with van der Waals surface area (Å²) in [6, 6.07) is 8.35. The second-order valence-corrected chi connectivity index (χ2v) is 9.05. The molecule has 1 N–H and O–H groups in total. The zero-order valence-corrected chi connectivity index (χ0v) is 18.3. The molecule has 3 rings (SSSR count). The first kappa shape index (κ1) is 23.0. The number of nitrogens with zero attached hydrogens (tertiary/aromatic N) is 1. The maximum atomic E-state index is 13.3. The zero-order chi connectivity index (χ0) is 22.6. The quantitative estimate of drug-likeness (QED) is 0.613. The van der Waals surface area contributed by atoms with Crippen LogP contribution in [0.2, 0.25) is 0 Å². The van der Waals surface area contributed by atoms with Crippen LogP contribution in [0.3, 0.4) is 0 Å². The van der Waals surface area contributed by atoms with Gasteiger partial charge in [0.15, 0.2) is 0 Å². The number of ether oxygens (including phenoxy) is 1. The number of esters is 1. The molecule has 0 aromatic heterocycles. The lowest BCUT2D eigenvalue weighted by Crippen LogP contribution is -2.30. The van der Waals surface area contributed by atoms with Gasteiger partial charge in [-0.05, 0) is 55.5 Å². The number of halogens is 2. The van der Waals surface area contributed by atoms with E-state index in [-0.39, 0.29) is 21.7 Å². The molecular weight excluding hydrogens is 426 g/mol. The first-order chi connectivity index (χ1) is 14.8. The molecule has 0 aliphatic carbocycles. The molecule has 1 saturated heterocycles. The molecule has 0 amide bonds. The number of nitrogens with one attached hydrogen (secondary N) is 1. The highest BCUT2D eigenvalue weighted by atomic mass is 32.2. The molecule has 168 valence electrons. The Kier molecular flexibility index (Phi) is 7.15. The van der Waals surface area contributed by atoms with E-state index in [4.69, 9.17) is 4.74 Å². The van der Waals surface area contributed by atoms with Crippen molar-refractivity contribution < 1.29 is 26.7 Å². The number of carbonyl (C=O) groups excluding carboxylic acids is 1. The summed E-state index contributed by atoms with van der Waals surface area (Å²) >= 11 is 0. The number of carbonyl (C=O) groups is 1. The standard InChI is InChI=1S/C22H26F2N2O4S/c1-3-15-7-8-17(22(27)30-2)14-20(15)31(28,29)25-18-13-16(21(23)24)9-10-19(18)26-11-5-4-6-12-26/h7-10,13-14,21,25H,3-6,11-12H2,1-2H3. The lowest BCUT2D eigenvalue weighted by molar-refractivity contribution is 0.0600. The number of anilines is 2. The van der Waals surface area contributed by atoms with Gasteiger partial charge in [0.25, 0.3) is 16.4 Å². The Bertz CT molecular complexity index is 1050. The Hall–Kier alpha value is -2.68. The third kappa shape index (κ3) is 5.15. The number of aryl methyl sites for hydroxylation is 1. The molecular formula is C22H26F2N2O4S. The molecule has 2 aromatic carbocycles. The van der Waals surface area contributed by atoms with Crippen molar-refractivity contribution in [3.05, 3.63) is 53.1 Å². The van der Waals surface area contributed by atoms with Crippen LogP contribution in [0.5, 0.6) is 0 Å². The van der Waals surface area contributed by atoms with E-state index in [0.717, 1.165) is 32.4 Å². The van der Waals surface area contributed by atoms with E-state index in [2.05, 4.69) is 4.72 Å². The Morgan fingerprint density at radius 3 is 2.45 bits per heavy atom. The van der Waals surface area contributed by atoms with E-state index < -0.39 is 22.4 Å². The maximum absolute atomic E-state index is 13.3. The fourth-order valence-corrected chi connectivity index (χ4v) is 5.13. The molecule has 0 bridgehead atoms. The first-order valence-electron chi connectivity index (χ1n) is 10.2. The highest BCUT2D eigenvalue weighted by Gasteiger charge is 2.24. The zero-order valence-electron chi connectivity index (χ0n) is 17.5. The van der Waals surface area contributed by atoms with Crippen molar-refractivity contribution in [2.45, 2.75) is 43.9 Å². The van der Waals surface area contributed by atoms with Crippen LogP contribution >= 0.6 is 0 Å². The predicted octanol–water partition coefficient (Wildman–Crippen LogP) is 4.76. The third-order valence-corrected chi connectivity index (χ3v) is 6.82. The van der Waals surface area contributed by atoms with Crippen LogP contribution in [0.15, 0.2) is 41.3 Å². The summed E-state index contributed by atoms with van der Waals surface area (Å²) in [4.78, 5) is 13.8. The lowest BCUT2D eigenvalue weighted by Gasteiger charge is -2.31. The van der Waals surface area contributed by atoms with E-state index in [1.165, 1.54) is 37.4 Å². The fraction of sp³-hybridized carbons (Fsp3) is 0.409. The number of benzene rings is 2. The minimum absolute atomic E-state index is 0.0788. The molecule has 0 atom stereocenters. The normalized spacial score (nSPS) is 14.5. The van der Waals surface area contributed by atoms with Crippen LogP contribution in [0.25, 0.3) is 0 Å². The van der Waals surface area contributed by atoms with E-state index in [9.17, 15) is 22.0 Å². The number of alkyl halides is 2. The van der Waals surface area contributed by atoms with Crippen molar-refractivity contribution in [2.75, 3.05) is 29.8 Å². The molecule has 1 aliphatic rings. The van der Waals surface area contributed by atoms with Gasteiger partial charge in [-0.1, -0.05) is 19.1 Å². The molecule has 1 aliphatic heterocycles. The van der Waals surface area contributed by atoms with E-state index in [0.29, 0.717) is 17.7 Å². The summed E-state index contributed by atoms with van der Waals surface area (Å²) < 4.78 is 60.4. The topological polar surface area (TPSA) is 75.7 Å². The van der Waals surface area contributed by atoms with Crippen molar-refractivity contribution in [3.63, 3.8) is 0 Å². The predicted molar refractivity (Wildman–Crippen MR) is 115 cm³/mol. The van der Waals surface area contributed by atoms with Crippen LogP contribution in [-0.4, -0.2) is 34.6 Å². The summed E-state index contributed by atoms with van der Waals surface area (Å²) in [6.45, 7) is 3.24. The van der Waals surface area contributed by atoms with Crippen molar-refractivity contribution in [3.8, 4) is 0 Å². The van der Waals surface area contributed by atoms with Gasteiger partial charge in [0.05, 0.1) is 28.9 Å². The average Bonchev–Trinajstić information content (AvgIpc) is 2.78. The average molecular weight is 453 g/mol. The number of hydrogen-bond donors (Lipinski definition) is 1. The molecule has 0 spiro atoms. The maximum Gasteiger partial charge on any atom is 0.337 e. The van der Waals surface area contributed by atoms with Crippen molar-refractivity contribution >= 4 is 27.4 Å². The molecule has 6 nitrogen and oxygen atoms in total. The fourth-order valence-electron chi connectivity index (χ4n) is 3.72. The van der Waals surface area contributed by atoms with E-state index in [1.54, 1.807) is 13.0 Å². The summed E-state index contributed by atoms with van der Waals surface area (Å²) in [5.74, 6) is -0.659. The van der Waals surface area contributed by atoms with Crippen molar-refractivity contribution in [2.24, 2.45) is 0 Å². The van der Waals surface area contributed by atoms with Gasteiger partial charge in [-0.3, -0.25) is 4.72 Å². The molecule has 9 heteroatoms. The summed E-state index contributed by atoms with van der Waals surface area (Å²) in [5.41, 5.74) is 1.000. The highest BCUT2D eigenvalue weighted by molar-refractivity contribution is 7.92. The summed E-state index contributed by atoms with van der Waals surface area (Å²) in [7, 11) is -2.94. The Balaban J connectivity index is 2.06. The number of rotatable bonds is 7. The monoisotopic (exact) mass is 452 g/mol. The number of hydrogen-bond acceptors (Lipinski definition) is 5. The molecule has 2 aromatic rings.